The number of rotatable bonds is 5. The van der Waals surface area contributed by atoms with Gasteiger partial charge >= 0.3 is 11.9 Å². The Labute approximate surface area is 99.5 Å². The van der Waals surface area contributed by atoms with Crippen molar-refractivity contribution in [2.75, 3.05) is 13.7 Å². The molecule has 6 nitrogen and oxygen atoms in total. The van der Waals surface area contributed by atoms with Crippen molar-refractivity contribution >= 4 is 17.8 Å². The lowest BCUT2D eigenvalue weighted by atomic mass is 10.2. The first-order valence-electron chi connectivity index (χ1n) is 5.65. The van der Waals surface area contributed by atoms with Crippen LogP contribution in [0.15, 0.2) is 0 Å². The third kappa shape index (κ3) is 3.72. The summed E-state index contributed by atoms with van der Waals surface area (Å²) in [4.78, 5) is 34.9. The molecule has 96 valence electrons. The fourth-order valence-corrected chi connectivity index (χ4v) is 1.95. The topological polar surface area (TPSA) is 83.9 Å². The number of hydrogen-bond donors (Lipinski definition) is 1. The highest BCUT2D eigenvalue weighted by molar-refractivity contribution is 5.84. The zero-order valence-corrected chi connectivity index (χ0v) is 9.85. The van der Waals surface area contributed by atoms with Crippen LogP contribution >= 0.6 is 0 Å². The van der Waals surface area contributed by atoms with E-state index in [1.54, 1.807) is 0 Å². The number of carboxylic acids is 1. The molecule has 1 aliphatic heterocycles. The minimum absolute atomic E-state index is 0.188. The van der Waals surface area contributed by atoms with Crippen molar-refractivity contribution in [1.29, 1.82) is 0 Å². The van der Waals surface area contributed by atoms with Crippen LogP contribution in [0.4, 0.5) is 0 Å². The van der Waals surface area contributed by atoms with Gasteiger partial charge in [0, 0.05) is 19.4 Å². The molecule has 0 aromatic heterocycles. The van der Waals surface area contributed by atoms with E-state index in [0.717, 1.165) is 6.42 Å². The molecule has 0 saturated carbocycles. The van der Waals surface area contributed by atoms with Crippen LogP contribution in [0.2, 0.25) is 0 Å². The predicted molar refractivity (Wildman–Crippen MR) is 58.2 cm³/mol. The first kappa shape index (κ1) is 13.5. The van der Waals surface area contributed by atoms with Crippen LogP contribution in [0.1, 0.15) is 32.1 Å². The molecular weight excluding hydrogens is 226 g/mol. The van der Waals surface area contributed by atoms with Crippen LogP contribution in [0.5, 0.6) is 0 Å². The third-order valence-electron chi connectivity index (χ3n) is 2.86. The second kappa shape index (κ2) is 6.22. The van der Waals surface area contributed by atoms with Crippen molar-refractivity contribution in [2.24, 2.45) is 0 Å². The highest BCUT2D eigenvalue weighted by Gasteiger charge is 2.33. The van der Waals surface area contributed by atoms with E-state index in [-0.39, 0.29) is 24.7 Å². The first-order chi connectivity index (χ1) is 8.06. The summed E-state index contributed by atoms with van der Waals surface area (Å²) in [6.07, 6.45) is 2.01. The number of esters is 1. The van der Waals surface area contributed by atoms with Gasteiger partial charge in [-0.25, -0.2) is 4.79 Å². The van der Waals surface area contributed by atoms with E-state index >= 15 is 0 Å². The number of nitrogens with zero attached hydrogens (tertiary/aromatic N) is 1. The molecule has 0 spiro atoms. The van der Waals surface area contributed by atoms with Crippen molar-refractivity contribution < 1.29 is 24.2 Å². The molecule has 1 amide bonds. The molecule has 0 aromatic carbocycles. The monoisotopic (exact) mass is 243 g/mol. The number of carbonyl (C=O) groups is 3. The maximum absolute atomic E-state index is 11.7. The smallest absolute Gasteiger partial charge is 0.326 e. The highest BCUT2D eigenvalue weighted by Crippen LogP contribution is 2.19. The Hall–Kier alpha value is -1.59. The van der Waals surface area contributed by atoms with Crippen LogP contribution in [-0.4, -0.2) is 47.5 Å². The quantitative estimate of drug-likeness (QED) is 0.707. The number of carbonyl (C=O) groups excluding carboxylic acids is 2. The largest absolute Gasteiger partial charge is 0.480 e. The van der Waals surface area contributed by atoms with Crippen molar-refractivity contribution in [3.63, 3.8) is 0 Å². The van der Waals surface area contributed by atoms with E-state index in [1.807, 2.05) is 0 Å². The van der Waals surface area contributed by atoms with Gasteiger partial charge in [-0.3, -0.25) is 9.59 Å². The minimum atomic E-state index is -0.955. The highest BCUT2D eigenvalue weighted by atomic mass is 16.5. The van der Waals surface area contributed by atoms with Crippen molar-refractivity contribution in [3.8, 4) is 0 Å². The SMILES string of the molecule is COC(=O)CCCC(=O)N1CCCC1C(=O)O. The molecule has 1 fully saturated rings. The van der Waals surface area contributed by atoms with Crippen molar-refractivity contribution in [3.05, 3.63) is 0 Å². The number of aliphatic carboxylic acids is 1. The molecule has 1 N–H and O–H groups in total. The summed E-state index contributed by atoms with van der Waals surface area (Å²) in [6.45, 7) is 0.494. The summed E-state index contributed by atoms with van der Waals surface area (Å²) < 4.78 is 4.46. The van der Waals surface area contributed by atoms with Crippen LogP contribution in [0, 0.1) is 0 Å². The van der Waals surface area contributed by atoms with Gasteiger partial charge in [0.2, 0.25) is 5.91 Å². The summed E-state index contributed by atoms with van der Waals surface area (Å²) in [5, 5.41) is 8.92. The zero-order valence-electron chi connectivity index (χ0n) is 9.85. The second-order valence-electron chi connectivity index (χ2n) is 4.01. The molecule has 17 heavy (non-hydrogen) atoms. The average molecular weight is 243 g/mol. The Morgan fingerprint density at radius 3 is 2.65 bits per heavy atom. The number of amides is 1. The van der Waals surface area contributed by atoms with Gasteiger partial charge in [-0.2, -0.15) is 0 Å². The maximum Gasteiger partial charge on any atom is 0.326 e. The van der Waals surface area contributed by atoms with E-state index in [9.17, 15) is 14.4 Å². The average Bonchev–Trinajstić information content (AvgIpc) is 2.77. The van der Waals surface area contributed by atoms with Gasteiger partial charge in [0.15, 0.2) is 0 Å². The van der Waals surface area contributed by atoms with Gasteiger partial charge in [0.25, 0.3) is 0 Å². The molecule has 0 aromatic rings. The summed E-state index contributed by atoms with van der Waals surface area (Å²) in [5.41, 5.74) is 0. The lowest BCUT2D eigenvalue weighted by Gasteiger charge is -2.21. The minimum Gasteiger partial charge on any atom is -0.480 e. The number of carboxylic acid groups (broad SMARTS) is 1. The molecule has 0 aliphatic carbocycles. The van der Waals surface area contributed by atoms with E-state index in [0.29, 0.717) is 19.4 Å². The fraction of sp³-hybridized carbons (Fsp3) is 0.727. The van der Waals surface area contributed by atoms with E-state index in [2.05, 4.69) is 4.74 Å². The van der Waals surface area contributed by atoms with Crippen LogP contribution in [0.3, 0.4) is 0 Å². The van der Waals surface area contributed by atoms with E-state index < -0.39 is 12.0 Å². The lowest BCUT2D eigenvalue weighted by molar-refractivity contribution is -0.148. The lowest BCUT2D eigenvalue weighted by Crippen LogP contribution is -2.40. The van der Waals surface area contributed by atoms with Crippen LogP contribution in [-0.2, 0) is 19.1 Å². The van der Waals surface area contributed by atoms with Crippen molar-refractivity contribution in [1.82, 2.24) is 4.90 Å². The van der Waals surface area contributed by atoms with E-state index in [4.69, 9.17) is 5.11 Å². The molecule has 1 unspecified atom stereocenters. The molecule has 1 aliphatic rings. The Bertz CT molecular complexity index is 315. The second-order valence-corrected chi connectivity index (χ2v) is 4.01. The number of hydrogen-bond acceptors (Lipinski definition) is 4. The Balaban J connectivity index is 2.37. The Kier molecular flexibility index (Phi) is 4.93. The molecule has 1 atom stereocenters. The Morgan fingerprint density at radius 1 is 1.35 bits per heavy atom. The summed E-state index contributed by atoms with van der Waals surface area (Å²) in [7, 11) is 1.30. The normalized spacial score (nSPS) is 19.1. The molecule has 0 radical (unpaired) electrons. The first-order valence-corrected chi connectivity index (χ1v) is 5.65. The molecule has 1 heterocycles. The van der Waals surface area contributed by atoms with Gasteiger partial charge in [-0.05, 0) is 19.3 Å². The molecule has 1 rings (SSSR count). The predicted octanol–water partition coefficient (Wildman–Crippen LogP) is 0.405. The molecule has 6 heteroatoms. The maximum atomic E-state index is 11.7. The van der Waals surface area contributed by atoms with Crippen LogP contribution < -0.4 is 0 Å². The van der Waals surface area contributed by atoms with Gasteiger partial charge in [-0.1, -0.05) is 0 Å². The van der Waals surface area contributed by atoms with Gasteiger partial charge < -0.3 is 14.7 Å². The molecular formula is C11H17NO5. The fourth-order valence-electron chi connectivity index (χ4n) is 1.95. The summed E-state index contributed by atoms with van der Waals surface area (Å²) >= 11 is 0. The third-order valence-corrected chi connectivity index (χ3v) is 2.86. The van der Waals surface area contributed by atoms with E-state index in [1.165, 1.54) is 12.0 Å². The van der Waals surface area contributed by atoms with Crippen molar-refractivity contribution in [2.45, 2.75) is 38.1 Å². The standard InChI is InChI=1S/C11H17NO5/c1-17-10(14)6-2-5-9(13)12-7-3-4-8(12)11(15)16/h8H,2-7H2,1H3,(H,15,16). The Morgan fingerprint density at radius 2 is 2.06 bits per heavy atom. The van der Waals surface area contributed by atoms with Gasteiger partial charge in [0.1, 0.15) is 6.04 Å². The number of likely N-dealkylation sites (tertiary alicyclic amines) is 1. The van der Waals surface area contributed by atoms with Gasteiger partial charge in [0.05, 0.1) is 7.11 Å². The van der Waals surface area contributed by atoms with Crippen LogP contribution in [0.25, 0.3) is 0 Å². The summed E-state index contributed by atoms with van der Waals surface area (Å²) in [5.74, 6) is -1.50. The van der Waals surface area contributed by atoms with Gasteiger partial charge in [-0.15, -0.1) is 0 Å². The number of ether oxygens (including phenoxy) is 1. The molecule has 0 bridgehead atoms. The number of methoxy groups -OCH3 is 1. The zero-order chi connectivity index (χ0) is 12.8. The molecule has 1 saturated heterocycles. The summed E-state index contributed by atoms with van der Waals surface area (Å²) in [6, 6.07) is -0.694.